The van der Waals surface area contributed by atoms with Gasteiger partial charge in [-0.25, -0.2) is 5.43 Å². The number of hydrogen-bond donors (Lipinski definition) is 2. The van der Waals surface area contributed by atoms with E-state index in [1.165, 1.54) is 11.3 Å². The molecule has 1 amide bonds. The van der Waals surface area contributed by atoms with Gasteiger partial charge in [-0.1, -0.05) is 23.5 Å². The zero-order chi connectivity index (χ0) is 14.5. The molecule has 2 rings (SSSR count). The van der Waals surface area contributed by atoms with Crippen LogP contribution in [0.25, 0.3) is 0 Å². The Bertz CT molecular complexity index is 697. The SMILES string of the molecule is C=CCn1c(N)c(C(=O)N/N=C\c2cccs2)sc1=S. The minimum atomic E-state index is -0.366. The maximum Gasteiger partial charge on any atom is 0.285 e. The van der Waals surface area contributed by atoms with E-state index in [1.54, 1.807) is 16.9 Å². The van der Waals surface area contributed by atoms with Crippen molar-refractivity contribution >= 4 is 52.8 Å². The van der Waals surface area contributed by atoms with Gasteiger partial charge in [-0.2, -0.15) is 5.10 Å². The van der Waals surface area contributed by atoms with E-state index in [4.69, 9.17) is 18.0 Å². The smallest absolute Gasteiger partial charge is 0.285 e. The lowest BCUT2D eigenvalue weighted by Crippen LogP contribution is -2.18. The Morgan fingerprint density at radius 1 is 1.65 bits per heavy atom. The fraction of sp³-hybridized carbons (Fsp3) is 0.0833. The number of hydrazone groups is 1. The average Bonchev–Trinajstić information content (AvgIpc) is 3.02. The summed E-state index contributed by atoms with van der Waals surface area (Å²) in [5.41, 5.74) is 8.35. The van der Waals surface area contributed by atoms with Crippen LogP contribution < -0.4 is 11.2 Å². The first-order chi connectivity index (χ1) is 9.63. The Morgan fingerprint density at radius 2 is 2.45 bits per heavy atom. The summed E-state index contributed by atoms with van der Waals surface area (Å²) in [4.78, 5) is 13.3. The van der Waals surface area contributed by atoms with Crippen LogP contribution in [0.5, 0.6) is 0 Å². The molecular formula is C12H12N4OS3. The standard InChI is InChI=1S/C12H12N4OS3/c1-2-5-16-10(13)9(20-12(16)18)11(17)15-14-7-8-4-3-6-19-8/h2-4,6-7H,1,5,13H2,(H,15,17)/b14-7-. The van der Waals surface area contributed by atoms with E-state index in [0.717, 1.165) is 16.2 Å². The van der Waals surface area contributed by atoms with Crippen LogP contribution in [0.4, 0.5) is 5.82 Å². The zero-order valence-electron chi connectivity index (χ0n) is 10.4. The van der Waals surface area contributed by atoms with Gasteiger partial charge in [-0.05, 0) is 23.7 Å². The van der Waals surface area contributed by atoms with Crippen LogP contribution in [0.2, 0.25) is 0 Å². The number of amides is 1. The van der Waals surface area contributed by atoms with Crippen LogP contribution >= 0.6 is 34.9 Å². The Hall–Kier alpha value is -1.77. The molecule has 0 aromatic carbocycles. The molecule has 2 aromatic heterocycles. The van der Waals surface area contributed by atoms with Gasteiger partial charge in [0.25, 0.3) is 5.91 Å². The van der Waals surface area contributed by atoms with Crippen LogP contribution in [0, 0.1) is 3.95 Å². The van der Waals surface area contributed by atoms with Crippen LogP contribution in [-0.4, -0.2) is 16.7 Å². The monoisotopic (exact) mass is 324 g/mol. The normalized spacial score (nSPS) is 10.8. The first-order valence-electron chi connectivity index (χ1n) is 5.60. The summed E-state index contributed by atoms with van der Waals surface area (Å²) in [5.74, 6) is -0.0297. The second-order valence-corrected chi connectivity index (χ2v) is 6.32. The van der Waals surface area contributed by atoms with Gasteiger partial charge in [0, 0.05) is 11.4 Å². The van der Waals surface area contributed by atoms with Crippen LogP contribution in [0.3, 0.4) is 0 Å². The molecule has 20 heavy (non-hydrogen) atoms. The molecule has 3 N–H and O–H groups in total. The van der Waals surface area contributed by atoms with Gasteiger partial charge in [-0.15, -0.1) is 17.9 Å². The molecule has 0 fully saturated rings. The van der Waals surface area contributed by atoms with Gasteiger partial charge < -0.3 is 10.3 Å². The van der Waals surface area contributed by atoms with Gasteiger partial charge in [0.1, 0.15) is 10.7 Å². The summed E-state index contributed by atoms with van der Waals surface area (Å²) in [6, 6.07) is 3.81. The van der Waals surface area contributed by atoms with E-state index < -0.39 is 0 Å². The van der Waals surface area contributed by atoms with Crippen molar-refractivity contribution in [2.75, 3.05) is 5.73 Å². The van der Waals surface area contributed by atoms with Crippen molar-refractivity contribution < 1.29 is 4.79 Å². The van der Waals surface area contributed by atoms with Gasteiger partial charge in [0.05, 0.1) is 6.21 Å². The van der Waals surface area contributed by atoms with Crippen molar-refractivity contribution in [3.63, 3.8) is 0 Å². The summed E-state index contributed by atoms with van der Waals surface area (Å²) < 4.78 is 2.19. The second-order valence-electron chi connectivity index (χ2n) is 3.70. The molecule has 0 atom stereocenters. The summed E-state index contributed by atoms with van der Waals surface area (Å²) in [6.07, 6.45) is 3.26. The number of nitrogens with two attached hydrogens (primary N) is 1. The highest BCUT2D eigenvalue weighted by atomic mass is 32.1. The van der Waals surface area contributed by atoms with Crippen molar-refractivity contribution in [1.29, 1.82) is 0 Å². The molecule has 0 saturated carbocycles. The molecule has 0 aliphatic heterocycles. The van der Waals surface area contributed by atoms with E-state index in [-0.39, 0.29) is 5.91 Å². The Kier molecular flexibility index (Phi) is 4.83. The maximum absolute atomic E-state index is 12.0. The highest BCUT2D eigenvalue weighted by molar-refractivity contribution is 7.73. The molecule has 2 heterocycles. The first kappa shape index (κ1) is 14.6. The number of thiophene rings is 1. The van der Waals surface area contributed by atoms with Gasteiger partial charge in [-0.3, -0.25) is 4.79 Å². The largest absolute Gasteiger partial charge is 0.384 e. The molecular weight excluding hydrogens is 312 g/mol. The lowest BCUT2D eigenvalue weighted by molar-refractivity contribution is 0.0959. The van der Waals surface area contributed by atoms with Crippen molar-refractivity contribution in [3.05, 3.63) is 43.9 Å². The zero-order valence-corrected chi connectivity index (χ0v) is 12.9. The van der Waals surface area contributed by atoms with E-state index >= 15 is 0 Å². The average molecular weight is 324 g/mol. The molecule has 0 aliphatic carbocycles. The number of carbonyl (C=O) groups is 1. The molecule has 8 heteroatoms. The van der Waals surface area contributed by atoms with E-state index in [2.05, 4.69) is 17.1 Å². The number of carbonyl (C=O) groups excluding carboxylic acids is 1. The predicted molar refractivity (Wildman–Crippen MR) is 87.1 cm³/mol. The molecule has 0 saturated heterocycles. The summed E-state index contributed by atoms with van der Waals surface area (Å²) in [5, 5.41) is 5.82. The Morgan fingerprint density at radius 3 is 3.10 bits per heavy atom. The number of allylic oxidation sites excluding steroid dienone is 1. The number of rotatable bonds is 5. The molecule has 2 aromatic rings. The highest BCUT2D eigenvalue weighted by Gasteiger charge is 2.15. The summed E-state index contributed by atoms with van der Waals surface area (Å²) >= 11 is 7.85. The summed E-state index contributed by atoms with van der Waals surface area (Å²) in [6.45, 7) is 4.11. The third-order valence-corrected chi connectivity index (χ3v) is 4.62. The van der Waals surface area contributed by atoms with Crippen LogP contribution in [0.1, 0.15) is 14.5 Å². The van der Waals surface area contributed by atoms with E-state index in [1.807, 2.05) is 17.5 Å². The number of nitrogens with one attached hydrogen (secondary N) is 1. The second kappa shape index (κ2) is 6.60. The Balaban J connectivity index is 2.12. The van der Waals surface area contributed by atoms with Crippen molar-refractivity contribution in [3.8, 4) is 0 Å². The molecule has 0 aliphatic rings. The third-order valence-electron chi connectivity index (χ3n) is 2.35. The third kappa shape index (κ3) is 3.21. The fourth-order valence-electron chi connectivity index (χ4n) is 1.45. The number of anilines is 1. The molecule has 0 radical (unpaired) electrons. The topological polar surface area (TPSA) is 72.4 Å². The lowest BCUT2D eigenvalue weighted by atomic mass is 10.4. The molecule has 0 bridgehead atoms. The molecule has 5 nitrogen and oxygen atoms in total. The number of nitrogen functional groups attached to an aromatic ring is 1. The number of thiazole rings is 1. The molecule has 0 unspecified atom stereocenters. The van der Waals surface area contributed by atoms with Crippen molar-refractivity contribution in [2.45, 2.75) is 6.54 Å². The Labute approximate surface area is 129 Å². The molecule has 0 spiro atoms. The molecule has 104 valence electrons. The quantitative estimate of drug-likeness (QED) is 0.384. The van der Waals surface area contributed by atoms with Gasteiger partial charge in [0.15, 0.2) is 3.95 Å². The van der Waals surface area contributed by atoms with Gasteiger partial charge in [0.2, 0.25) is 0 Å². The van der Waals surface area contributed by atoms with Crippen LogP contribution in [0.15, 0.2) is 35.3 Å². The van der Waals surface area contributed by atoms with Gasteiger partial charge >= 0.3 is 0 Å². The van der Waals surface area contributed by atoms with E-state index in [0.29, 0.717) is 21.2 Å². The lowest BCUT2D eigenvalue weighted by Gasteiger charge is -2.02. The maximum atomic E-state index is 12.0. The summed E-state index contributed by atoms with van der Waals surface area (Å²) in [7, 11) is 0. The predicted octanol–water partition coefficient (Wildman–Crippen LogP) is 2.87. The van der Waals surface area contributed by atoms with Crippen LogP contribution in [-0.2, 0) is 6.54 Å². The van der Waals surface area contributed by atoms with Crippen molar-refractivity contribution in [1.82, 2.24) is 9.99 Å². The highest BCUT2D eigenvalue weighted by Crippen LogP contribution is 2.22. The number of aromatic nitrogens is 1. The number of hydrogen-bond acceptors (Lipinski definition) is 6. The minimum absolute atomic E-state index is 0.337. The van der Waals surface area contributed by atoms with E-state index in [9.17, 15) is 4.79 Å². The van der Waals surface area contributed by atoms with Crippen molar-refractivity contribution in [2.24, 2.45) is 5.10 Å². The number of nitrogens with zero attached hydrogens (tertiary/aromatic N) is 2. The first-order valence-corrected chi connectivity index (χ1v) is 7.71. The minimum Gasteiger partial charge on any atom is -0.384 e. The fourth-order valence-corrected chi connectivity index (χ4v) is 3.27.